The largest absolute Gasteiger partial charge is 0.481 e. The van der Waals surface area contributed by atoms with Crippen LogP contribution < -0.4 is 5.32 Å². The highest BCUT2D eigenvalue weighted by Crippen LogP contribution is 2.33. The van der Waals surface area contributed by atoms with Gasteiger partial charge in [0.05, 0.1) is 12.0 Å². The SMILES string of the molecule is CC(Cc1cccc(Cl)c1)C(=O)NC1(CC(=O)O)CCCC1. The Kier molecular flexibility index (Phi) is 5.46. The fourth-order valence-electron chi connectivity index (χ4n) is 3.18. The summed E-state index contributed by atoms with van der Waals surface area (Å²) in [6.45, 7) is 1.86. The van der Waals surface area contributed by atoms with Crippen molar-refractivity contribution >= 4 is 23.5 Å². The van der Waals surface area contributed by atoms with Crippen molar-refractivity contribution in [3.63, 3.8) is 0 Å². The minimum atomic E-state index is -0.857. The van der Waals surface area contributed by atoms with Gasteiger partial charge in [-0.05, 0) is 37.0 Å². The van der Waals surface area contributed by atoms with E-state index in [0.29, 0.717) is 11.4 Å². The molecule has 1 saturated carbocycles. The van der Waals surface area contributed by atoms with Crippen LogP contribution in [0.3, 0.4) is 0 Å². The summed E-state index contributed by atoms with van der Waals surface area (Å²) in [6.07, 6.45) is 4.02. The number of carbonyl (C=O) groups excluding carboxylic acids is 1. The maximum absolute atomic E-state index is 12.4. The Labute approximate surface area is 135 Å². The van der Waals surface area contributed by atoms with E-state index in [1.165, 1.54) is 0 Å². The predicted octanol–water partition coefficient (Wildman–Crippen LogP) is 3.42. The number of hydrogen-bond donors (Lipinski definition) is 2. The average Bonchev–Trinajstić information content (AvgIpc) is 2.85. The smallest absolute Gasteiger partial charge is 0.305 e. The lowest BCUT2D eigenvalue weighted by Crippen LogP contribution is -2.49. The van der Waals surface area contributed by atoms with Crippen LogP contribution in [0.1, 0.15) is 44.6 Å². The van der Waals surface area contributed by atoms with Gasteiger partial charge in [0.25, 0.3) is 0 Å². The Bertz CT molecular complexity index is 553. The van der Waals surface area contributed by atoms with E-state index in [1.54, 1.807) is 6.07 Å². The minimum Gasteiger partial charge on any atom is -0.481 e. The Hall–Kier alpha value is -1.55. The first-order valence-corrected chi connectivity index (χ1v) is 8.06. The third-order valence-electron chi connectivity index (χ3n) is 4.32. The van der Waals surface area contributed by atoms with Gasteiger partial charge >= 0.3 is 5.97 Å². The molecule has 1 aliphatic carbocycles. The van der Waals surface area contributed by atoms with E-state index in [9.17, 15) is 9.59 Å². The standard InChI is InChI=1S/C17H22ClNO3/c1-12(9-13-5-4-6-14(18)10-13)16(22)19-17(11-15(20)21)7-2-3-8-17/h4-6,10,12H,2-3,7-9,11H2,1H3,(H,19,22)(H,20,21). The van der Waals surface area contributed by atoms with E-state index in [4.69, 9.17) is 16.7 Å². The molecular weight excluding hydrogens is 302 g/mol. The first-order chi connectivity index (χ1) is 10.4. The van der Waals surface area contributed by atoms with Crippen LogP contribution in [0.4, 0.5) is 0 Å². The van der Waals surface area contributed by atoms with Crippen molar-refractivity contribution in [2.75, 3.05) is 0 Å². The molecule has 0 spiro atoms. The molecule has 5 heteroatoms. The molecule has 1 aromatic rings. The van der Waals surface area contributed by atoms with E-state index < -0.39 is 11.5 Å². The van der Waals surface area contributed by atoms with Crippen molar-refractivity contribution in [1.82, 2.24) is 5.32 Å². The quantitative estimate of drug-likeness (QED) is 0.843. The fraction of sp³-hybridized carbons (Fsp3) is 0.529. The molecule has 4 nitrogen and oxygen atoms in total. The van der Waals surface area contributed by atoms with Crippen LogP contribution in [-0.2, 0) is 16.0 Å². The molecule has 0 aliphatic heterocycles. The zero-order valence-corrected chi connectivity index (χ0v) is 13.5. The molecule has 0 radical (unpaired) electrons. The fourth-order valence-corrected chi connectivity index (χ4v) is 3.39. The van der Waals surface area contributed by atoms with Gasteiger partial charge in [-0.25, -0.2) is 0 Å². The second-order valence-corrected chi connectivity index (χ2v) is 6.72. The molecule has 1 unspecified atom stereocenters. The van der Waals surface area contributed by atoms with E-state index >= 15 is 0 Å². The van der Waals surface area contributed by atoms with Gasteiger partial charge < -0.3 is 10.4 Å². The molecule has 0 aromatic heterocycles. The van der Waals surface area contributed by atoms with Gasteiger partial charge in [-0.1, -0.05) is 43.5 Å². The lowest BCUT2D eigenvalue weighted by Gasteiger charge is -2.30. The summed E-state index contributed by atoms with van der Waals surface area (Å²) in [6, 6.07) is 7.47. The number of nitrogens with one attached hydrogen (secondary N) is 1. The highest BCUT2D eigenvalue weighted by Gasteiger charge is 2.38. The molecule has 0 saturated heterocycles. The minimum absolute atomic E-state index is 0.00260. The normalized spacial score (nSPS) is 17.9. The van der Waals surface area contributed by atoms with Crippen LogP contribution in [0, 0.1) is 5.92 Å². The Morgan fingerprint density at radius 1 is 1.36 bits per heavy atom. The Morgan fingerprint density at radius 2 is 2.05 bits per heavy atom. The zero-order valence-electron chi connectivity index (χ0n) is 12.8. The number of benzene rings is 1. The van der Waals surface area contributed by atoms with Crippen molar-refractivity contribution in [1.29, 1.82) is 0 Å². The number of rotatable bonds is 6. The molecule has 2 N–H and O–H groups in total. The van der Waals surface area contributed by atoms with Crippen molar-refractivity contribution in [2.45, 2.75) is 51.0 Å². The van der Waals surface area contributed by atoms with Gasteiger partial charge in [-0.15, -0.1) is 0 Å². The van der Waals surface area contributed by atoms with Gasteiger partial charge in [-0.2, -0.15) is 0 Å². The second-order valence-electron chi connectivity index (χ2n) is 6.28. The summed E-state index contributed by atoms with van der Waals surface area (Å²) in [4.78, 5) is 23.5. The Balaban J connectivity index is 1.99. The molecule has 1 amide bonds. The first-order valence-electron chi connectivity index (χ1n) is 7.68. The van der Waals surface area contributed by atoms with E-state index in [1.807, 2.05) is 25.1 Å². The summed E-state index contributed by atoms with van der Waals surface area (Å²) < 4.78 is 0. The number of amides is 1. The van der Waals surface area contributed by atoms with Crippen molar-refractivity contribution in [3.8, 4) is 0 Å². The van der Waals surface area contributed by atoms with Gasteiger partial charge in [0, 0.05) is 10.9 Å². The molecule has 22 heavy (non-hydrogen) atoms. The molecule has 1 fully saturated rings. The predicted molar refractivity (Wildman–Crippen MR) is 85.9 cm³/mol. The van der Waals surface area contributed by atoms with Gasteiger partial charge in [0.1, 0.15) is 0 Å². The summed E-state index contributed by atoms with van der Waals surface area (Å²) >= 11 is 5.96. The number of aliphatic carboxylic acids is 1. The lowest BCUT2D eigenvalue weighted by molar-refractivity contribution is -0.139. The maximum atomic E-state index is 12.4. The molecule has 120 valence electrons. The van der Waals surface area contributed by atoms with E-state index in [-0.39, 0.29) is 18.2 Å². The molecular formula is C17H22ClNO3. The van der Waals surface area contributed by atoms with Crippen LogP contribution in [0.25, 0.3) is 0 Å². The van der Waals surface area contributed by atoms with Crippen molar-refractivity contribution < 1.29 is 14.7 Å². The Morgan fingerprint density at radius 3 is 2.64 bits per heavy atom. The number of carboxylic acids is 1. The average molecular weight is 324 g/mol. The first kappa shape index (κ1) is 16.8. The van der Waals surface area contributed by atoms with Crippen LogP contribution in [0.15, 0.2) is 24.3 Å². The second kappa shape index (κ2) is 7.14. The van der Waals surface area contributed by atoms with Crippen LogP contribution in [0.5, 0.6) is 0 Å². The molecule has 2 rings (SSSR count). The third-order valence-corrected chi connectivity index (χ3v) is 4.55. The third kappa shape index (κ3) is 4.47. The maximum Gasteiger partial charge on any atom is 0.305 e. The van der Waals surface area contributed by atoms with Crippen LogP contribution >= 0.6 is 11.6 Å². The summed E-state index contributed by atoms with van der Waals surface area (Å²) in [7, 11) is 0. The van der Waals surface area contributed by atoms with E-state index in [2.05, 4.69) is 5.32 Å². The number of hydrogen-bond acceptors (Lipinski definition) is 2. The zero-order chi connectivity index (χ0) is 16.2. The highest BCUT2D eigenvalue weighted by atomic mass is 35.5. The molecule has 1 aromatic carbocycles. The highest BCUT2D eigenvalue weighted by molar-refractivity contribution is 6.30. The van der Waals surface area contributed by atoms with Crippen molar-refractivity contribution in [3.05, 3.63) is 34.9 Å². The lowest BCUT2D eigenvalue weighted by atomic mass is 9.91. The topological polar surface area (TPSA) is 66.4 Å². The molecule has 0 heterocycles. The van der Waals surface area contributed by atoms with Gasteiger partial charge in [0.15, 0.2) is 0 Å². The van der Waals surface area contributed by atoms with Crippen LogP contribution in [-0.4, -0.2) is 22.5 Å². The van der Waals surface area contributed by atoms with Gasteiger partial charge in [-0.3, -0.25) is 9.59 Å². The number of carbonyl (C=O) groups is 2. The summed E-state index contributed by atoms with van der Waals surface area (Å²) in [5.41, 5.74) is 0.444. The monoisotopic (exact) mass is 323 g/mol. The van der Waals surface area contributed by atoms with Crippen molar-refractivity contribution in [2.24, 2.45) is 5.92 Å². The summed E-state index contributed by atoms with van der Waals surface area (Å²) in [5.74, 6) is -1.16. The van der Waals surface area contributed by atoms with E-state index in [0.717, 1.165) is 31.2 Å². The van der Waals surface area contributed by atoms with Gasteiger partial charge in [0.2, 0.25) is 5.91 Å². The summed E-state index contributed by atoms with van der Waals surface area (Å²) in [5, 5.41) is 12.8. The van der Waals surface area contributed by atoms with Crippen LogP contribution in [0.2, 0.25) is 5.02 Å². The molecule has 0 bridgehead atoms. The molecule has 1 aliphatic rings. The number of carboxylic acid groups (broad SMARTS) is 1. The molecule has 1 atom stereocenters. The number of halogens is 1.